The molecule has 0 radical (unpaired) electrons. The summed E-state index contributed by atoms with van der Waals surface area (Å²) in [4.78, 5) is 12.6. The molecular weight excluding hydrogens is 390 g/mol. The molecule has 3 aromatic rings. The van der Waals surface area contributed by atoms with Gasteiger partial charge in [0.2, 0.25) is 0 Å². The second-order valence-electron chi connectivity index (χ2n) is 9.02. The van der Waals surface area contributed by atoms with Crippen LogP contribution in [0, 0.1) is 0 Å². The Kier molecular flexibility index (Phi) is 6.09. The molecule has 1 aromatic heterocycles. The number of hydrogen-bond donors (Lipinski definition) is 0. The van der Waals surface area contributed by atoms with Crippen molar-refractivity contribution in [2.24, 2.45) is 0 Å². The minimum Gasteiger partial charge on any atom is -0.299 e. The Hall–Kier alpha value is -2.40. The summed E-state index contributed by atoms with van der Waals surface area (Å²) in [7, 11) is 0. The van der Waals surface area contributed by atoms with Crippen LogP contribution >= 0.6 is 11.8 Å². The molecule has 5 heteroatoms. The summed E-state index contributed by atoms with van der Waals surface area (Å²) in [5, 5.41) is 9.90. The van der Waals surface area contributed by atoms with Gasteiger partial charge in [-0.2, -0.15) is 0 Å². The van der Waals surface area contributed by atoms with Crippen molar-refractivity contribution in [1.29, 1.82) is 0 Å². The van der Waals surface area contributed by atoms with E-state index in [2.05, 4.69) is 59.8 Å². The monoisotopic (exact) mass is 419 g/mol. The quantitative estimate of drug-likeness (QED) is 0.346. The molecule has 156 valence electrons. The average molecular weight is 420 g/mol. The van der Waals surface area contributed by atoms with Crippen molar-refractivity contribution >= 4 is 17.5 Å². The smallest absolute Gasteiger partial charge is 0.192 e. The number of ketones is 1. The molecule has 0 aliphatic heterocycles. The van der Waals surface area contributed by atoms with Crippen molar-refractivity contribution in [3.05, 3.63) is 65.7 Å². The van der Waals surface area contributed by atoms with Crippen molar-refractivity contribution in [1.82, 2.24) is 14.8 Å². The number of Topliss-reactive ketones (excluding diaryl/α,β-unsaturated/α-hetero) is 1. The predicted octanol–water partition coefficient (Wildman–Crippen LogP) is 6.33. The molecule has 2 aromatic carbocycles. The zero-order valence-electron chi connectivity index (χ0n) is 18.0. The van der Waals surface area contributed by atoms with Gasteiger partial charge >= 0.3 is 0 Å². The summed E-state index contributed by atoms with van der Waals surface area (Å²) in [6, 6.07) is 18.6. The van der Waals surface area contributed by atoms with Gasteiger partial charge in [-0.3, -0.25) is 9.36 Å². The van der Waals surface area contributed by atoms with Gasteiger partial charge in [0.25, 0.3) is 0 Å². The number of rotatable bonds is 6. The Balaban J connectivity index is 1.60. The van der Waals surface area contributed by atoms with Crippen molar-refractivity contribution in [3.63, 3.8) is 0 Å². The van der Waals surface area contributed by atoms with Crippen LogP contribution in [-0.2, 0) is 5.41 Å². The fraction of sp³-hybridized carbons (Fsp3) is 0.400. The molecule has 0 amide bonds. The number of benzene rings is 2. The Morgan fingerprint density at radius 3 is 2.30 bits per heavy atom. The SMILES string of the molecule is CC(C)(C)c1ccc(-c2nnc(SCC(=O)c3ccccc3)n2C2CCCC2)cc1. The van der Waals surface area contributed by atoms with Crippen LogP contribution in [0.2, 0.25) is 0 Å². The lowest BCUT2D eigenvalue weighted by atomic mass is 9.86. The van der Waals surface area contributed by atoms with Gasteiger partial charge in [-0.15, -0.1) is 10.2 Å². The molecule has 0 bridgehead atoms. The van der Waals surface area contributed by atoms with Crippen molar-refractivity contribution in [3.8, 4) is 11.4 Å². The minimum atomic E-state index is 0.121. The number of carbonyl (C=O) groups is 1. The van der Waals surface area contributed by atoms with Crippen LogP contribution in [0.4, 0.5) is 0 Å². The van der Waals surface area contributed by atoms with E-state index in [0.29, 0.717) is 11.8 Å². The normalized spacial score (nSPS) is 14.9. The number of aromatic nitrogens is 3. The highest BCUT2D eigenvalue weighted by Gasteiger charge is 2.25. The van der Waals surface area contributed by atoms with E-state index >= 15 is 0 Å². The van der Waals surface area contributed by atoms with Gasteiger partial charge in [-0.25, -0.2) is 0 Å². The van der Waals surface area contributed by atoms with E-state index < -0.39 is 0 Å². The van der Waals surface area contributed by atoms with Crippen molar-refractivity contribution in [2.75, 3.05) is 5.75 Å². The van der Waals surface area contributed by atoms with E-state index in [4.69, 9.17) is 0 Å². The molecule has 1 aliphatic rings. The zero-order valence-corrected chi connectivity index (χ0v) is 18.8. The molecule has 1 fully saturated rings. The first-order valence-corrected chi connectivity index (χ1v) is 11.7. The van der Waals surface area contributed by atoms with E-state index in [0.717, 1.165) is 34.9 Å². The van der Waals surface area contributed by atoms with E-state index in [9.17, 15) is 4.79 Å². The van der Waals surface area contributed by atoms with Gasteiger partial charge in [0.1, 0.15) is 0 Å². The maximum absolute atomic E-state index is 12.6. The fourth-order valence-electron chi connectivity index (χ4n) is 4.02. The molecular formula is C25H29N3OS. The minimum absolute atomic E-state index is 0.121. The summed E-state index contributed by atoms with van der Waals surface area (Å²) >= 11 is 1.50. The average Bonchev–Trinajstić information content (AvgIpc) is 3.41. The maximum Gasteiger partial charge on any atom is 0.192 e. The first-order valence-electron chi connectivity index (χ1n) is 10.7. The van der Waals surface area contributed by atoms with Crippen LogP contribution in [-0.4, -0.2) is 26.3 Å². The fourth-order valence-corrected chi connectivity index (χ4v) is 4.92. The second-order valence-corrected chi connectivity index (χ2v) is 9.96. The van der Waals surface area contributed by atoms with E-state index in [1.165, 1.54) is 30.2 Å². The summed E-state index contributed by atoms with van der Waals surface area (Å²) < 4.78 is 2.28. The first-order chi connectivity index (χ1) is 14.4. The molecule has 0 N–H and O–H groups in total. The highest BCUT2D eigenvalue weighted by molar-refractivity contribution is 7.99. The van der Waals surface area contributed by atoms with Crippen LogP contribution in [0.5, 0.6) is 0 Å². The molecule has 0 spiro atoms. The summed E-state index contributed by atoms with van der Waals surface area (Å²) in [6.07, 6.45) is 4.76. The van der Waals surface area contributed by atoms with Crippen molar-refractivity contribution < 1.29 is 4.79 Å². The molecule has 1 saturated carbocycles. The van der Waals surface area contributed by atoms with Gasteiger partial charge in [-0.1, -0.05) is 100.0 Å². The molecule has 4 nitrogen and oxygen atoms in total. The number of thioether (sulfide) groups is 1. The third-order valence-electron chi connectivity index (χ3n) is 5.79. The molecule has 1 heterocycles. The highest BCUT2D eigenvalue weighted by Crippen LogP contribution is 2.37. The standard InChI is InChI=1S/C25H29N3OS/c1-25(2,3)20-15-13-19(14-16-20)23-26-27-24(28(23)21-11-7-8-12-21)30-17-22(29)18-9-5-4-6-10-18/h4-6,9-10,13-16,21H,7-8,11-12,17H2,1-3H3. The second kappa shape index (κ2) is 8.76. The van der Waals surface area contributed by atoms with Gasteiger partial charge in [0.05, 0.1) is 5.75 Å². The van der Waals surface area contributed by atoms with Crippen LogP contribution in [0.1, 0.15) is 68.4 Å². The van der Waals surface area contributed by atoms with E-state index in [1.807, 2.05) is 30.3 Å². The lowest BCUT2D eigenvalue weighted by Crippen LogP contribution is -2.11. The van der Waals surface area contributed by atoms with Gasteiger partial charge < -0.3 is 0 Å². The molecule has 1 aliphatic carbocycles. The third-order valence-corrected chi connectivity index (χ3v) is 6.73. The molecule has 4 rings (SSSR count). The first kappa shape index (κ1) is 20.9. The topological polar surface area (TPSA) is 47.8 Å². The van der Waals surface area contributed by atoms with Gasteiger partial charge in [-0.05, 0) is 23.8 Å². The third kappa shape index (κ3) is 4.51. The van der Waals surface area contributed by atoms with Crippen molar-refractivity contribution in [2.45, 2.75) is 63.1 Å². The summed E-state index contributed by atoms with van der Waals surface area (Å²) in [5.41, 5.74) is 3.26. The molecule has 30 heavy (non-hydrogen) atoms. The van der Waals surface area contributed by atoms with Crippen LogP contribution in [0.25, 0.3) is 11.4 Å². The van der Waals surface area contributed by atoms with E-state index in [1.54, 1.807) is 0 Å². The number of nitrogens with zero attached hydrogens (tertiary/aromatic N) is 3. The Morgan fingerprint density at radius 2 is 1.67 bits per heavy atom. The largest absolute Gasteiger partial charge is 0.299 e. The molecule has 0 atom stereocenters. The Morgan fingerprint density at radius 1 is 1.00 bits per heavy atom. The highest BCUT2D eigenvalue weighted by atomic mass is 32.2. The predicted molar refractivity (Wildman–Crippen MR) is 123 cm³/mol. The van der Waals surface area contributed by atoms with Gasteiger partial charge in [0.15, 0.2) is 16.8 Å². The molecule has 0 unspecified atom stereocenters. The molecule has 0 saturated heterocycles. The van der Waals surface area contributed by atoms with Gasteiger partial charge in [0, 0.05) is 17.2 Å². The zero-order chi connectivity index (χ0) is 21.1. The van der Waals surface area contributed by atoms with Crippen LogP contribution in [0.15, 0.2) is 59.8 Å². The summed E-state index contributed by atoms with van der Waals surface area (Å²) in [5.74, 6) is 1.41. The lowest BCUT2D eigenvalue weighted by molar-refractivity contribution is 0.102. The Bertz CT molecular complexity index is 997. The number of hydrogen-bond acceptors (Lipinski definition) is 4. The maximum atomic E-state index is 12.6. The summed E-state index contributed by atoms with van der Waals surface area (Å²) in [6.45, 7) is 6.67. The Labute approximate surface area is 183 Å². The van der Waals surface area contributed by atoms with Crippen LogP contribution in [0.3, 0.4) is 0 Å². The number of carbonyl (C=O) groups excluding carboxylic acids is 1. The van der Waals surface area contributed by atoms with E-state index in [-0.39, 0.29) is 11.2 Å². The lowest BCUT2D eigenvalue weighted by Gasteiger charge is -2.20. The van der Waals surface area contributed by atoms with Crippen LogP contribution < -0.4 is 0 Å².